The number of amides is 1. The zero-order valence-electron chi connectivity index (χ0n) is 14.1. The molecule has 1 amide bonds. The summed E-state index contributed by atoms with van der Waals surface area (Å²) in [7, 11) is 4.53. The van der Waals surface area contributed by atoms with Gasteiger partial charge in [0.15, 0.2) is 0 Å². The van der Waals surface area contributed by atoms with Crippen molar-refractivity contribution in [1.82, 2.24) is 4.90 Å². The number of carbonyl (C=O) groups excluding carboxylic acids is 3. The van der Waals surface area contributed by atoms with E-state index >= 15 is 0 Å². The molecule has 0 aromatic heterocycles. The summed E-state index contributed by atoms with van der Waals surface area (Å²) in [5.41, 5.74) is 0.736. The van der Waals surface area contributed by atoms with E-state index in [1.165, 1.54) is 32.4 Å². The number of benzene rings is 1. The molecule has 1 fully saturated rings. The van der Waals surface area contributed by atoms with E-state index in [0.29, 0.717) is 5.69 Å². The number of methoxy groups -OCH3 is 2. The van der Waals surface area contributed by atoms with Crippen LogP contribution in [-0.4, -0.2) is 57.1 Å². The van der Waals surface area contributed by atoms with Gasteiger partial charge in [0, 0.05) is 11.6 Å². The number of piperidine rings is 1. The van der Waals surface area contributed by atoms with Crippen molar-refractivity contribution < 1.29 is 23.9 Å². The van der Waals surface area contributed by atoms with E-state index in [9.17, 15) is 14.4 Å². The maximum Gasteiger partial charge on any atom is 0.337 e. The highest BCUT2D eigenvalue weighted by Crippen LogP contribution is 2.21. The van der Waals surface area contributed by atoms with Gasteiger partial charge in [0.1, 0.15) is 0 Å². The Bertz CT molecular complexity index is 602. The second-order valence-corrected chi connectivity index (χ2v) is 5.85. The third-order valence-corrected chi connectivity index (χ3v) is 4.13. The minimum Gasteiger partial charge on any atom is -0.465 e. The summed E-state index contributed by atoms with van der Waals surface area (Å²) < 4.78 is 9.37. The van der Waals surface area contributed by atoms with Gasteiger partial charge in [0.2, 0.25) is 5.91 Å². The summed E-state index contributed by atoms with van der Waals surface area (Å²) in [4.78, 5) is 38.1. The lowest BCUT2D eigenvalue weighted by molar-refractivity contribution is -0.121. The number of carbonyl (C=O) groups is 3. The van der Waals surface area contributed by atoms with Gasteiger partial charge in [-0.2, -0.15) is 0 Å². The van der Waals surface area contributed by atoms with Crippen molar-refractivity contribution >= 4 is 23.5 Å². The van der Waals surface area contributed by atoms with Crippen LogP contribution >= 0.6 is 0 Å². The van der Waals surface area contributed by atoms with Gasteiger partial charge in [-0.1, -0.05) is 0 Å². The first-order valence-corrected chi connectivity index (χ1v) is 7.75. The zero-order valence-corrected chi connectivity index (χ0v) is 14.1. The van der Waals surface area contributed by atoms with Crippen molar-refractivity contribution in [2.24, 2.45) is 5.92 Å². The van der Waals surface area contributed by atoms with Gasteiger partial charge < -0.3 is 19.7 Å². The Balaban J connectivity index is 2.20. The topological polar surface area (TPSA) is 84.9 Å². The summed E-state index contributed by atoms with van der Waals surface area (Å²) in [6.45, 7) is 1.74. The smallest absolute Gasteiger partial charge is 0.337 e. The molecule has 0 bridgehead atoms. The Morgan fingerprint density at radius 2 is 1.50 bits per heavy atom. The molecule has 7 nitrogen and oxygen atoms in total. The van der Waals surface area contributed by atoms with Gasteiger partial charge in [-0.3, -0.25) is 4.79 Å². The molecule has 0 atom stereocenters. The first-order chi connectivity index (χ1) is 11.4. The van der Waals surface area contributed by atoms with Crippen LogP contribution in [0, 0.1) is 5.92 Å². The summed E-state index contributed by atoms with van der Waals surface area (Å²) in [5, 5.41) is 2.79. The first kappa shape index (κ1) is 17.9. The van der Waals surface area contributed by atoms with Crippen LogP contribution in [0.25, 0.3) is 0 Å². The molecule has 1 aliphatic heterocycles. The number of rotatable bonds is 4. The maximum atomic E-state index is 12.4. The largest absolute Gasteiger partial charge is 0.465 e. The average Bonchev–Trinajstić information content (AvgIpc) is 2.60. The van der Waals surface area contributed by atoms with Crippen molar-refractivity contribution in [2.75, 3.05) is 39.7 Å². The van der Waals surface area contributed by atoms with Crippen LogP contribution in [0.2, 0.25) is 0 Å². The van der Waals surface area contributed by atoms with Crippen LogP contribution in [0.15, 0.2) is 18.2 Å². The van der Waals surface area contributed by atoms with Crippen molar-refractivity contribution in [3.63, 3.8) is 0 Å². The number of esters is 2. The summed E-state index contributed by atoms with van der Waals surface area (Å²) >= 11 is 0. The molecule has 2 rings (SSSR count). The van der Waals surface area contributed by atoms with Crippen LogP contribution in [-0.2, 0) is 14.3 Å². The number of nitrogens with one attached hydrogen (secondary N) is 1. The van der Waals surface area contributed by atoms with Crippen molar-refractivity contribution in [3.8, 4) is 0 Å². The minimum atomic E-state index is -0.587. The highest BCUT2D eigenvalue weighted by molar-refractivity contribution is 5.99. The standard InChI is InChI=1S/C17H22N2O5/c1-19-6-4-11(5-7-19)15(20)18-14-9-12(16(21)23-2)8-13(10-14)17(22)24-3/h8-11H,4-7H2,1-3H3,(H,18,20). The van der Waals surface area contributed by atoms with E-state index in [0.717, 1.165) is 25.9 Å². The Hall–Kier alpha value is -2.41. The fraction of sp³-hybridized carbons (Fsp3) is 0.471. The summed E-state index contributed by atoms with van der Waals surface area (Å²) in [6, 6.07) is 4.36. The predicted octanol–water partition coefficient (Wildman–Crippen LogP) is 1.54. The number of hydrogen-bond acceptors (Lipinski definition) is 6. The first-order valence-electron chi connectivity index (χ1n) is 7.75. The molecule has 1 aromatic rings. The second-order valence-electron chi connectivity index (χ2n) is 5.85. The molecule has 0 spiro atoms. The SMILES string of the molecule is COC(=O)c1cc(NC(=O)C2CCN(C)CC2)cc(C(=O)OC)c1. The molecule has 24 heavy (non-hydrogen) atoms. The van der Waals surface area contributed by atoms with E-state index in [2.05, 4.69) is 19.7 Å². The van der Waals surface area contributed by atoms with Crippen molar-refractivity contribution in [3.05, 3.63) is 29.3 Å². The number of nitrogens with zero attached hydrogens (tertiary/aromatic N) is 1. The van der Waals surface area contributed by atoms with Crippen LogP contribution in [0.4, 0.5) is 5.69 Å². The van der Waals surface area contributed by atoms with E-state index in [4.69, 9.17) is 0 Å². The molecule has 1 heterocycles. The minimum absolute atomic E-state index is 0.0791. The van der Waals surface area contributed by atoms with E-state index in [-0.39, 0.29) is 23.0 Å². The molecule has 7 heteroatoms. The van der Waals surface area contributed by atoms with Gasteiger partial charge in [0.25, 0.3) is 0 Å². The summed E-state index contributed by atoms with van der Waals surface area (Å²) in [5.74, 6) is -1.36. The van der Waals surface area contributed by atoms with Gasteiger partial charge in [0.05, 0.1) is 25.3 Å². The predicted molar refractivity (Wildman–Crippen MR) is 88.0 cm³/mol. The van der Waals surface area contributed by atoms with Crippen molar-refractivity contribution in [1.29, 1.82) is 0 Å². The monoisotopic (exact) mass is 334 g/mol. The molecular formula is C17H22N2O5. The Morgan fingerprint density at radius 1 is 1.00 bits per heavy atom. The fourth-order valence-electron chi connectivity index (χ4n) is 2.69. The lowest BCUT2D eigenvalue weighted by Gasteiger charge is -2.28. The molecule has 0 radical (unpaired) electrons. The third-order valence-electron chi connectivity index (χ3n) is 4.13. The Morgan fingerprint density at radius 3 is 1.96 bits per heavy atom. The van der Waals surface area contributed by atoms with Crippen molar-refractivity contribution in [2.45, 2.75) is 12.8 Å². The summed E-state index contributed by atoms with van der Waals surface area (Å²) in [6.07, 6.45) is 1.56. The normalized spacial score (nSPS) is 15.6. The van der Waals surface area contributed by atoms with Crippen LogP contribution in [0.1, 0.15) is 33.6 Å². The van der Waals surface area contributed by atoms with E-state index < -0.39 is 11.9 Å². The quantitative estimate of drug-likeness (QED) is 0.841. The lowest BCUT2D eigenvalue weighted by atomic mass is 9.96. The molecule has 1 N–H and O–H groups in total. The third kappa shape index (κ3) is 4.32. The fourth-order valence-corrected chi connectivity index (χ4v) is 2.69. The Labute approximate surface area is 140 Å². The second kappa shape index (κ2) is 7.92. The van der Waals surface area contributed by atoms with E-state index in [1.54, 1.807) is 0 Å². The molecule has 1 aliphatic rings. The number of likely N-dealkylation sites (tertiary alicyclic amines) is 1. The number of ether oxygens (including phenoxy) is 2. The van der Waals surface area contributed by atoms with Gasteiger partial charge in [-0.05, 0) is 51.2 Å². The average molecular weight is 334 g/mol. The van der Waals surface area contributed by atoms with Crippen LogP contribution in [0.3, 0.4) is 0 Å². The van der Waals surface area contributed by atoms with Crippen LogP contribution < -0.4 is 5.32 Å². The lowest BCUT2D eigenvalue weighted by Crippen LogP contribution is -2.35. The molecule has 0 aliphatic carbocycles. The number of hydrogen-bond donors (Lipinski definition) is 1. The molecule has 1 aromatic carbocycles. The molecule has 0 saturated carbocycles. The molecule has 0 unspecified atom stereocenters. The van der Waals surface area contributed by atoms with Gasteiger partial charge in [-0.15, -0.1) is 0 Å². The number of anilines is 1. The highest BCUT2D eigenvalue weighted by Gasteiger charge is 2.24. The maximum absolute atomic E-state index is 12.4. The zero-order chi connectivity index (χ0) is 17.7. The van der Waals surface area contributed by atoms with E-state index in [1.807, 2.05) is 7.05 Å². The van der Waals surface area contributed by atoms with Crippen LogP contribution in [0.5, 0.6) is 0 Å². The molecule has 1 saturated heterocycles. The van der Waals surface area contributed by atoms with Gasteiger partial charge >= 0.3 is 11.9 Å². The molecule has 130 valence electrons. The molecular weight excluding hydrogens is 312 g/mol. The van der Waals surface area contributed by atoms with Gasteiger partial charge in [-0.25, -0.2) is 9.59 Å². The Kier molecular flexibility index (Phi) is 5.92. The highest BCUT2D eigenvalue weighted by atomic mass is 16.5.